The van der Waals surface area contributed by atoms with Crippen LogP contribution in [0.4, 0.5) is 4.79 Å². The molecular weight excluding hydrogens is 382 g/mol. The number of carbonyl (C=O) groups is 1. The molecule has 1 aliphatic heterocycles. The number of benzene rings is 2. The second-order valence-electron chi connectivity index (χ2n) is 6.49. The quantitative estimate of drug-likeness (QED) is 0.763. The van der Waals surface area contributed by atoms with E-state index in [1.54, 1.807) is 0 Å². The maximum absolute atomic E-state index is 11.0. The van der Waals surface area contributed by atoms with Crippen LogP contribution in [0.5, 0.6) is 5.75 Å². The Hall–Kier alpha value is -2.01. The van der Waals surface area contributed by atoms with Gasteiger partial charge in [0.05, 0.1) is 0 Å². The van der Waals surface area contributed by atoms with E-state index in [2.05, 4.69) is 40.2 Å². The van der Waals surface area contributed by atoms with Crippen LogP contribution in [0.3, 0.4) is 0 Å². The first-order valence-corrected chi connectivity index (χ1v) is 9.28. The van der Waals surface area contributed by atoms with E-state index in [-0.39, 0.29) is 0 Å². The highest BCUT2D eigenvalue weighted by molar-refractivity contribution is 9.10. The molecule has 4 nitrogen and oxygen atoms in total. The zero-order chi connectivity index (χ0) is 17.8. The molecule has 0 radical (unpaired) electrons. The van der Waals surface area contributed by atoms with Crippen molar-refractivity contribution in [1.29, 1.82) is 0 Å². The molecule has 0 aromatic heterocycles. The third-order valence-electron chi connectivity index (χ3n) is 4.75. The van der Waals surface area contributed by atoms with Gasteiger partial charge < -0.3 is 14.7 Å². The molecule has 3 rings (SSSR count). The molecule has 2 aromatic carbocycles. The largest absolute Gasteiger partial charge is 0.489 e. The van der Waals surface area contributed by atoms with Crippen molar-refractivity contribution in [2.75, 3.05) is 13.1 Å². The van der Waals surface area contributed by atoms with E-state index in [1.807, 2.05) is 25.1 Å². The Bertz CT molecular complexity index is 737. The lowest BCUT2D eigenvalue weighted by Gasteiger charge is -2.30. The average molecular weight is 404 g/mol. The fourth-order valence-electron chi connectivity index (χ4n) is 3.16. The Morgan fingerprint density at radius 2 is 1.88 bits per heavy atom. The fourth-order valence-corrected chi connectivity index (χ4v) is 3.41. The number of halogens is 1. The van der Waals surface area contributed by atoms with E-state index in [4.69, 9.17) is 9.84 Å². The smallest absolute Gasteiger partial charge is 0.407 e. The van der Waals surface area contributed by atoms with Crippen molar-refractivity contribution in [2.24, 2.45) is 0 Å². The van der Waals surface area contributed by atoms with E-state index in [1.165, 1.54) is 10.5 Å². The van der Waals surface area contributed by atoms with E-state index in [9.17, 15) is 4.79 Å². The van der Waals surface area contributed by atoms with Gasteiger partial charge in [-0.1, -0.05) is 40.2 Å². The van der Waals surface area contributed by atoms with Crippen LogP contribution in [0.1, 0.15) is 35.4 Å². The highest BCUT2D eigenvalue weighted by atomic mass is 79.9. The van der Waals surface area contributed by atoms with Crippen LogP contribution in [0.25, 0.3) is 0 Å². The molecule has 132 valence electrons. The number of ether oxygens (including phenoxy) is 1. The predicted molar refractivity (Wildman–Crippen MR) is 101 cm³/mol. The summed E-state index contributed by atoms with van der Waals surface area (Å²) in [4.78, 5) is 12.5. The molecule has 1 fully saturated rings. The molecular formula is C20H22BrNO3. The van der Waals surface area contributed by atoms with E-state index in [0.29, 0.717) is 25.6 Å². The third kappa shape index (κ3) is 4.54. The molecule has 0 atom stereocenters. The Labute approximate surface area is 156 Å². The molecule has 2 aromatic rings. The fraction of sp³-hybridized carbons (Fsp3) is 0.350. The molecule has 5 heteroatoms. The second-order valence-corrected chi connectivity index (χ2v) is 7.34. The van der Waals surface area contributed by atoms with Gasteiger partial charge in [0.2, 0.25) is 0 Å². The lowest BCUT2D eigenvalue weighted by atomic mass is 9.89. The Morgan fingerprint density at radius 1 is 1.20 bits per heavy atom. The van der Waals surface area contributed by atoms with Crippen LogP contribution in [0, 0.1) is 6.92 Å². The lowest BCUT2D eigenvalue weighted by Crippen LogP contribution is -2.36. The van der Waals surface area contributed by atoms with Crippen LogP contribution < -0.4 is 4.74 Å². The van der Waals surface area contributed by atoms with Gasteiger partial charge in [-0.05, 0) is 60.6 Å². The third-order valence-corrected chi connectivity index (χ3v) is 5.64. The van der Waals surface area contributed by atoms with E-state index < -0.39 is 6.09 Å². The maximum Gasteiger partial charge on any atom is 0.407 e. The van der Waals surface area contributed by atoms with Gasteiger partial charge in [-0.25, -0.2) is 4.79 Å². The zero-order valence-corrected chi connectivity index (χ0v) is 15.8. The Morgan fingerprint density at radius 3 is 2.48 bits per heavy atom. The molecule has 0 unspecified atom stereocenters. The van der Waals surface area contributed by atoms with E-state index >= 15 is 0 Å². The monoisotopic (exact) mass is 403 g/mol. The summed E-state index contributed by atoms with van der Waals surface area (Å²) in [6.07, 6.45) is 0.967. The lowest BCUT2D eigenvalue weighted by molar-refractivity contribution is 0.132. The molecule has 1 heterocycles. The van der Waals surface area contributed by atoms with Gasteiger partial charge in [0.15, 0.2) is 0 Å². The standard InChI is InChI=1S/C20H22BrNO3/c1-14-12-18(6-7-19(14)21)25-13-15-2-4-16(5-3-15)17-8-10-22(11-9-17)20(23)24/h2-7,12,17H,8-11,13H2,1H3,(H,23,24). The summed E-state index contributed by atoms with van der Waals surface area (Å²) in [7, 11) is 0. The summed E-state index contributed by atoms with van der Waals surface area (Å²) in [6, 6.07) is 14.5. The topological polar surface area (TPSA) is 49.8 Å². The van der Waals surface area contributed by atoms with Crippen molar-refractivity contribution in [2.45, 2.75) is 32.3 Å². The molecule has 25 heavy (non-hydrogen) atoms. The molecule has 0 bridgehead atoms. The zero-order valence-electron chi connectivity index (χ0n) is 14.2. The van der Waals surface area contributed by atoms with Gasteiger partial charge in [0.25, 0.3) is 0 Å². The van der Waals surface area contributed by atoms with Gasteiger partial charge in [-0.3, -0.25) is 0 Å². The van der Waals surface area contributed by atoms with Crippen molar-refractivity contribution in [3.8, 4) is 5.75 Å². The van der Waals surface area contributed by atoms with Gasteiger partial charge in [-0.2, -0.15) is 0 Å². The van der Waals surface area contributed by atoms with Crippen molar-refractivity contribution >= 4 is 22.0 Å². The number of aryl methyl sites for hydroxylation is 1. The van der Waals surface area contributed by atoms with Crippen LogP contribution in [-0.4, -0.2) is 29.2 Å². The minimum atomic E-state index is -0.811. The summed E-state index contributed by atoms with van der Waals surface area (Å²) in [5, 5.41) is 9.03. The molecule has 1 saturated heterocycles. The van der Waals surface area contributed by atoms with Gasteiger partial charge >= 0.3 is 6.09 Å². The minimum absolute atomic E-state index is 0.444. The number of nitrogens with zero attached hydrogens (tertiary/aromatic N) is 1. The summed E-state index contributed by atoms with van der Waals surface area (Å²) >= 11 is 3.49. The van der Waals surface area contributed by atoms with Crippen molar-refractivity contribution in [3.63, 3.8) is 0 Å². The second kappa shape index (κ2) is 7.91. The van der Waals surface area contributed by atoms with Gasteiger partial charge in [0.1, 0.15) is 12.4 Å². The Kier molecular flexibility index (Phi) is 5.63. The SMILES string of the molecule is Cc1cc(OCc2ccc(C3CCN(C(=O)O)CC3)cc2)ccc1Br. The number of likely N-dealkylation sites (tertiary alicyclic amines) is 1. The van der Waals surface area contributed by atoms with Crippen molar-refractivity contribution in [3.05, 3.63) is 63.6 Å². The number of hydrogen-bond acceptors (Lipinski definition) is 2. The normalized spacial score (nSPS) is 15.2. The number of rotatable bonds is 4. The van der Waals surface area contributed by atoms with Crippen LogP contribution in [0.2, 0.25) is 0 Å². The molecule has 0 spiro atoms. The van der Waals surface area contributed by atoms with Crippen LogP contribution in [0.15, 0.2) is 46.9 Å². The molecule has 1 amide bonds. The van der Waals surface area contributed by atoms with Crippen LogP contribution in [-0.2, 0) is 6.61 Å². The molecule has 1 aliphatic rings. The number of piperidine rings is 1. The minimum Gasteiger partial charge on any atom is -0.489 e. The number of hydrogen-bond donors (Lipinski definition) is 1. The summed E-state index contributed by atoms with van der Waals surface area (Å²) in [5.41, 5.74) is 3.57. The number of carboxylic acid groups (broad SMARTS) is 1. The van der Waals surface area contributed by atoms with Gasteiger partial charge in [-0.15, -0.1) is 0 Å². The van der Waals surface area contributed by atoms with Gasteiger partial charge in [0, 0.05) is 17.6 Å². The highest BCUT2D eigenvalue weighted by Gasteiger charge is 2.23. The summed E-state index contributed by atoms with van der Waals surface area (Å²) in [6.45, 7) is 3.82. The first kappa shape index (κ1) is 17.8. The van der Waals surface area contributed by atoms with E-state index in [0.717, 1.165) is 34.2 Å². The molecule has 1 N–H and O–H groups in total. The summed E-state index contributed by atoms with van der Waals surface area (Å²) in [5.74, 6) is 1.31. The molecule has 0 aliphatic carbocycles. The highest BCUT2D eigenvalue weighted by Crippen LogP contribution is 2.28. The van der Waals surface area contributed by atoms with Crippen LogP contribution >= 0.6 is 15.9 Å². The predicted octanol–water partition coefficient (Wildman–Crippen LogP) is 5.19. The van der Waals surface area contributed by atoms with Crippen molar-refractivity contribution < 1.29 is 14.6 Å². The first-order valence-electron chi connectivity index (χ1n) is 8.48. The average Bonchev–Trinajstić information content (AvgIpc) is 2.63. The number of amides is 1. The van der Waals surface area contributed by atoms with Crippen molar-refractivity contribution in [1.82, 2.24) is 4.90 Å². The first-order chi connectivity index (χ1) is 12.0. The summed E-state index contributed by atoms with van der Waals surface area (Å²) < 4.78 is 6.94. The molecule has 0 saturated carbocycles. The Balaban J connectivity index is 1.55. The maximum atomic E-state index is 11.0.